The number of para-hydroxylation sites is 1. The number of aryl methyl sites for hydroxylation is 1. The van der Waals surface area contributed by atoms with Crippen LogP contribution >= 0.6 is 11.8 Å². The molecule has 9 heteroatoms. The summed E-state index contributed by atoms with van der Waals surface area (Å²) in [6.07, 6.45) is 4.86. The van der Waals surface area contributed by atoms with Gasteiger partial charge in [-0.2, -0.15) is 0 Å². The molecule has 0 fully saturated rings. The number of hydrogen-bond acceptors (Lipinski definition) is 5. The van der Waals surface area contributed by atoms with Gasteiger partial charge in [0.15, 0.2) is 5.16 Å². The van der Waals surface area contributed by atoms with Crippen LogP contribution in [0.5, 0.6) is 0 Å². The molecule has 2 aromatic carbocycles. The predicted octanol–water partition coefficient (Wildman–Crippen LogP) is 3.47. The van der Waals surface area contributed by atoms with Gasteiger partial charge < -0.3 is 4.90 Å². The average molecular weight is 483 g/mol. The van der Waals surface area contributed by atoms with Crippen LogP contribution in [0.1, 0.15) is 36.7 Å². The minimum absolute atomic E-state index is 0.0183. The van der Waals surface area contributed by atoms with E-state index in [4.69, 9.17) is 10.1 Å². The number of benzene rings is 2. The third-order valence-electron chi connectivity index (χ3n) is 6.31. The predicted molar refractivity (Wildman–Crippen MR) is 129 cm³/mol. The summed E-state index contributed by atoms with van der Waals surface area (Å²) in [4.78, 5) is 20.0. The maximum absolute atomic E-state index is 13.3. The Bertz CT molecular complexity index is 1320. The third-order valence-corrected chi connectivity index (χ3v) is 8.14. The molecule has 1 atom stereocenters. The summed E-state index contributed by atoms with van der Waals surface area (Å²) in [5.74, 6) is 0.235. The Hall–Kier alpha value is -2.62. The second-order valence-electron chi connectivity index (χ2n) is 8.61. The number of nitrogens with zero attached hydrogens (tertiary/aromatic N) is 3. The summed E-state index contributed by atoms with van der Waals surface area (Å²) in [6.45, 7) is 1.98. The van der Waals surface area contributed by atoms with E-state index < -0.39 is 10.0 Å². The van der Waals surface area contributed by atoms with Gasteiger partial charge in [0.1, 0.15) is 0 Å². The van der Waals surface area contributed by atoms with Crippen molar-refractivity contribution in [2.75, 3.05) is 10.7 Å². The van der Waals surface area contributed by atoms with Gasteiger partial charge in [-0.05, 0) is 74.9 Å². The number of primary sulfonamides is 1. The van der Waals surface area contributed by atoms with Gasteiger partial charge in [-0.15, -0.1) is 0 Å². The van der Waals surface area contributed by atoms with Gasteiger partial charge in [0.2, 0.25) is 15.9 Å². The minimum Gasteiger partial charge on any atom is -0.308 e. The number of hydrogen-bond donors (Lipinski definition) is 1. The van der Waals surface area contributed by atoms with Crippen LogP contribution < -0.4 is 10.0 Å². The lowest BCUT2D eigenvalue weighted by molar-refractivity contribution is -0.116. The number of carbonyl (C=O) groups excluding carboxylic acids is 1. The third kappa shape index (κ3) is 4.20. The number of imidazole rings is 1. The highest BCUT2D eigenvalue weighted by Crippen LogP contribution is 2.35. The maximum atomic E-state index is 13.3. The molecule has 1 aromatic heterocycles. The van der Waals surface area contributed by atoms with Crippen molar-refractivity contribution in [2.45, 2.75) is 55.1 Å². The van der Waals surface area contributed by atoms with Crippen molar-refractivity contribution >= 4 is 33.4 Å². The van der Waals surface area contributed by atoms with Crippen LogP contribution in [0.15, 0.2) is 58.6 Å². The summed E-state index contributed by atoms with van der Waals surface area (Å²) < 4.78 is 25.6. The van der Waals surface area contributed by atoms with Crippen molar-refractivity contribution in [3.63, 3.8) is 0 Å². The topological polar surface area (TPSA) is 98.3 Å². The van der Waals surface area contributed by atoms with Crippen molar-refractivity contribution in [3.8, 4) is 5.69 Å². The lowest BCUT2D eigenvalue weighted by atomic mass is 10.0. The molecule has 7 nitrogen and oxygen atoms in total. The molecular formula is C24H26N4O3S2. The van der Waals surface area contributed by atoms with Crippen LogP contribution in [0, 0.1) is 0 Å². The Balaban J connectivity index is 1.40. The molecule has 2 heterocycles. The lowest BCUT2D eigenvalue weighted by Gasteiger charge is -2.22. The number of carbonyl (C=O) groups is 1. The fourth-order valence-corrected chi connectivity index (χ4v) is 6.29. The molecular weight excluding hydrogens is 456 g/mol. The van der Waals surface area contributed by atoms with Crippen molar-refractivity contribution in [3.05, 3.63) is 65.5 Å². The van der Waals surface area contributed by atoms with Crippen molar-refractivity contribution < 1.29 is 13.2 Å². The molecule has 2 aliphatic rings. The first-order valence-corrected chi connectivity index (χ1v) is 13.6. The van der Waals surface area contributed by atoms with E-state index in [9.17, 15) is 13.2 Å². The van der Waals surface area contributed by atoms with E-state index >= 15 is 0 Å². The number of aromatic nitrogens is 2. The molecule has 0 spiro atoms. The molecule has 1 amide bonds. The highest BCUT2D eigenvalue weighted by Gasteiger charge is 2.32. The largest absolute Gasteiger partial charge is 0.308 e. The number of thioether (sulfide) groups is 1. The van der Waals surface area contributed by atoms with Gasteiger partial charge in [-0.1, -0.05) is 30.0 Å². The minimum atomic E-state index is -3.78. The lowest BCUT2D eigenvalue weighted by Crippen LogP contribution is -2.37. The molecule has 0 unspecified atom stereocenters. The molecule has 3 aromatic rings. The first-order chi connectivity index (χ1) is 15.8. The van der Waals surface area contributed by atoms with Crippen molar-refractivity contribution in [1.29, 1.82) is 0 Å². The average Bonchev–Trinajstić information content (AvgIpc) is 3.33. The summed E-state index contributed by atoms with van der Waals surface area (Å²) in [7, 11) is -3.78. The number of amides is 1. The second kappa shape index (κ2) is 8.62. The fourth-order valence-electron chi connectivity index (χ4n) is 4.82. The maximum Gasteiger partial charge on any atom is 0.238 e. The van der Waals surface area contributed by atoms with Crippen LogP contribution in [-0.2, 0) is 34.1 Å². The van der Waals surface area contributed by atoms with Gasteiger partial charge in [-0.25, -0.2) is 18.5 Å². The van der Waals surface area contributed by atoms with E-state index in [0.29, 0.717) is 6.42 Å². The molecule has 2 N–H and O–H groups in total. The number of nitrogens with two attached hydrogens (primary N) is 1. The van der Waals surface area contributed by atoms with Crippen LogP contribution in [-0.4, -0.2) is 35.7 Å². The molecule has 0 saturated heterocycles. The van der Waals surface area contributed by atoms with E-state index in [0.717, 1.165) is 53.5 Å². The smallest absolute Gasteiger partial charge is 0.238 e. The van der Waals surface area contributed by atoms with Gasteiger partial charge in [-0.3, -0.25) is 9.36 Å². The Kier molecular flexibility index (Phi) is 5.80. The van der Waals surface area contributed by atoms with Crippen LogP contribution in [0.2, 0.25) is 0 Å². The molecule has 1 aliphatic carbocycles. The summed E-state index contributed by atoms with van der Waals surface area (Å²) in [5.41, 5.74) is 5.03. The van der Waals surface area contributed by atoms with Gasteiger partial charge in [0.25, 0.3) is 0 Å². The summed E-state index contributed by atoms with van der Waals surface area (Å²) in [6, 6.07) is 14.9. The SMILES string of the molecule is C[C@H]1Cc2cc(S(N)(=O)=O)ccc2N1C(=O)CSc1nc2c(n1-c1ccccc1)CCCC2. The summed E-state index contributed by atoms with van der Waals surface area (Å²) >= 11 is 1.46. The molecule has 5 rings (SSSR count). The number of anilines is 1. The van der Waals surface area contributed by atoms with Gasteiger partial charge >= 0.3 is 0 Å². The van der Waals surface area contributed by atoms with Crippen molar-refractivity contribution in [1.82, 2.24) is 9.55 Å². The normalized spacial score (nSPS) is 17.6. The zero-order valence-electron chi connectivity index (χ0n) is 18.4. The zero-order chi connectivity index (χ0) is 23.2. The first-order valence-electron chi connectivity index (χ1n) is 11.1. The Morgan fingerprint density at radius 2 is 1.91 bits per heavy atom. The van der Waals surface area contributed by atoms with Gasteiger partial charge in [0, 0.05) is 23.1 Å². The van der Waals surface area contributed by atoms with Gasteiger partial charge in [0.05, 0.1) is 16.3 Å². The Morgan fingerprint density at radius 1 is 1.15 bits per heavy atom. The first kappa shape index (κ1) is 22.2. The highest BCUT2D eigenvalue weighted by molar-refractivity contribution is 7.99. The quantitative estimate of drug-likeness (QED) is 0.562. The second-order valence-corrected chi connectivity index (χ2v) is 11.1. The number of sulfonamides is 1. The molecule has 172 valence electrons. The standard InChI is InChI=1S/C24H26N4O3S2/c1-16-13-17-14-19(33(25,30)31)11-12-21(17)27(16)23(29)15-32-24-26-20-9-5-6-10-22(20)28(24)18-7-3-2-4-8-18/h2-4,7-8,11-12,14,16H,5-6,9-10,13,15H2,1H3,(H2,25,30,31)/t16-/m0/s1. The fraction of sp³-hybridized carbons (Fsp3) is 0.333. The number of fused-ring (bicyclic) bond motifs is 2. The highest BCUT2D eigenvalue weighted by atomic mass is 32.2. The zero-order valence-corrected chi connectivity index (χ0v) is 20.0. The molecule has 0 bridgehead atoms. The number of rotatable bonds is 5. The molecule has 0 saturated carbocycles. The van der Waals surface area contributed by atoms with Crippen LogP contribution in [0.3, 0.4) is 0 Å². The van der Waals surface area contributed by atoms with E-state index in [1.54, 1.807) is 17.0 Å². The van der Waals surface area contributed by atoms with Crippen LogP contribution in [0.4, 0.5) is 5.69 Å². The van der Waals surface area contributed by atoms with E-state index in [1.165, 1.54) is 23.5 Å². The Morgan fingerprint density at radius 3 is 2.67 bits per heavy atom. The monoisotopic (exact) mass is 482 g/mol. The van der Waals surface area contributed by atoms with Crippen molar-refractivity contribution in [2.24, 2.45) is 5.14 Å². The molecule has 1 aliphatic heterocycles. The molecule has 33 heavy (non-hydrogen) atoms. The molecule has 0 radical (unpaired) electrons. The summed E-state index contributed by atoms with van der Waals surface area (Å²) in [5, 5.41) is 6.12. The van der Waals surface area contributed by atoms with Crippen LogP contribution in [0.25, 0.3) is 5.69 Å². The van der Waals surface area contributed by atoms with E-state index in [-0.39, 0.29) is 22.6 Å². The van der Waals surface area contributed by atoms with E-state index in [2.05, 4.69) is 16.7 Å². The van der Waals surface area contributed by atoms with E-state index in [1.807, 2.05) is 25.1 Å². The Labute approximate surface area is 198 Å².